The summed E-state index contributed by atoms with van der Waals surface area (Å²) in [5, 5.41) is 8.52. The van der Waals surface area contributed by atoms with Crippen LogP contribution in [0.15, 0.2) is 36.5 Å². The van der Waals surface area contributed by atoms with Gasteiger partial charge in [-0.15, -0.1) is 0 Å². The van der Waals surface area contributed by atoms with Gasteiger partial charge >= 0.3 is 5.97 Å². The zero-order chi connectivity index (χ0) is 17.7. The molecule has 0 atom stereocenters. The van der Waals surface area contributed by atoms with E-state index in [0.29, 0.717) is 0 Å². The first-order valence-corrected chi connectivity index (χ1v) is 9.94. The Morgan fingerprint density at radius 2 is 0.958 bits per heavy atom. The quantitative estimate of drug-likeness (QED) is 0.225. The van der Waals surface area contributed by atoms with E-state index in [-0.39, 0.29) is 6.42 Å². The Hall–Kier alpha value is -1.31. The highest BCUT2D eigenvalue weighted by Crippen LogP contribution is 2.06. The molecule has 0 heterocycles. The molecule has 0 bridgehead atoms. The molecule has 2 heteroatoms. The molecule has 0 radical (unpaired) electrons. The van der Waals surface area contributed by atoms with Crippen molar-refractivity contribution in [3.8, 4) is 0 Å². The summed E-state index contributed by atoms with van der Waals surface area (Å²) in [7, 11) is 0. The van der Waals surface area contributed by atoms with Gasteiger partial charge in [0.25, 0.3) is 0 Å². The van der Waals surface area contributed by atoms with Crippen LogP contribution >= 0.6 is 0 Å². The molecule has 0 aliphatic rings. The fraction of sp³-hybridized carbons (Fsp3) is 0.682. The van der Waals surface area contributed by atoms with E-state index in [2.05, 4.69) is 43.4 Å². The average molecular weight is 335 g/mol. The van der Waals surface area contributed by atoms with E-state index >= 15 is 0 Å². The van der Waals surface area contributed by atoms with Crippen molar-refractivity contribution in [1.82, 2.24) is 0 Å². The maximum atomic E-state index is 10.3. The summed E-state index contributed by atoms with van der Waals surface area (Å²) < 4.78 is 0. The molecule has 24 heavy (non-hydrogen) atoms. The third-order valence-corrected chi connectivity index (χ3v) is 3.97. The summed E-state index contributed by atoms with van der Waals surface area (Å²) in [6.45, 7) is 2.24. The smallest absolute Gasteiger partial charge is 0.303 e. The highest BCUT2D eigenvalue weighted by atomic mass is 16.4. The van der Waals surface area contributed by atoms with Gasteiger partial charge in [-0.25, -0.2) is 0 Å². The van der Waals surface area contributed by atoms with Crippen molar-refractivity contribution in [2.45, 2.75) is 96.8 Å². The molecule has 0 aromatic heterocycles. The van der Waals surface area contributed by atoms with Gasteiger partial charge in [0.05, 0.1) is 0 Å². The molecule has 0 fully saturated rings. The second kappa shape index (κ2) is 19.7. The fourth-order valence-corrected chi connectivity index (χ4v) is 2.45. The highest BCUT2D eigenvalue weighted by molar-refractivity contribution is 5.66. The van der Waals surface area contributed by atoms with E-state index in [4.69, 9.17) is 5.11 Å². The number of carbonyl (C=O) groups is 1. The molecule has 0 spiro atoms. The summed E-state index contributed by atoms with van der Waals surface area (Å²) in [5.41, 5.74) is 0. The standard InChI is InChI=1S/C22H38O2/c1-2-3-4-5-6-7-8-9-10-11-12-13-14-15-16-17-18-19-20-21-22(23)24/h5-6,11-12,17-18H,2-4,7-10,13-16,19-21H2,1H3,(H,23,24). The van der Waals surface area contributed by atoms with Crippen molar-refractivity contribution in [2.75, 3.05) is 0 Å². The molecule has 1 N–H and O–H groups in total. The van der Waals surface area contributed by atoms with E-state index in [0.717, 1.165) is 19.3 Å². The van der Waals surface area contributed by atoms with Crippen LogP contribution in [0.4, 0.5) is 0 Å². The lowest BCUT2D eigenvalue weighted by Crippen LogP contribution is -1.92. The number of rotatable bonds is 17. The predicted molar refractivity (Wildman–Crippen MR) is 105 cm³/mol. The van der Waals surface area contributed by atoms with E-state index in [1.165, 1.54) is 64.2 Å². The average Bonchev–Trinajstić information content (AvgIpc) is 2.56. The third kappa shape index (κ3) is 20.7. The van der Waals surface area contributed by atoms with Crippen LogP contribution in [0.25, 0.3) is 0 Å². The molecule has 0 aromatic carbocycles. The molecule has 0 rings (SSSR count). The van der Waals surface area contributed by atoms with Crippen molar-refractivity contribution in [3.05, 3.63) is 36.5 Å². The minimum Gasteiger partial charge on any atom is -0.481 e. The van der Waals surface area contributed by atoms with Crippen LogP contribution in [-0.4, -0.2) is 11.1 Å². The van der Waals surface area contributed by atoms with Crippen molar-refractivity contribution in [2.24, 2.45) is 0 Å². The minimum atomic E-state index is -0.696. The van der Waals surface area contributed by atoms with Gasteiger partial charge in [0.1, 0.15) is 0 Å². The SMILES string of the molecule is CCCCC=CCCCCC=CCCCCC=CCCCC(=O)O. The molecule has 138 valence electrons. The Morgan fingerprint density at radius 1 is 0.625 bits per heavy atom. The lowest BCUT2D eigenvalue weighted by Gasteiger charge is -1.95. The Labute approximate surface area is 149 Å². The highest BCUT2D eigenvalue weighted by Gasteiger charge is 1.93. The summed E-state index contributed by atoms with van der Waals surface area (Å²) in [6, 6.07) is 0. The summed E-state index contributed by atoms with van der Waals surface area (Å²) in [6.07, 6.45) is 29.3. The number of carboxylic acids is 1. The molecule has 0 aromatic rings. The second-order valence-corrected chi connectivity index (χ2v) is 6.41. The minimum absolute atomic E-state index is 0.282. The lowest BCUT2D eigenvalue weighted by atomic mass is 10.1. The number of aliphatic carboxylic acids is 1. The van der Waals surface area contributed by atoms with Crippen molar-refractivity contribution in [3.63, 3.8) is 0 Å². The first-order chi connectivity index (χ1) is 11.8. The number of allylic oxidation sites excluding steroid dienone is 6. The van der Waals surface area contributed by atoms with Crippen LogP contribution in [0.2, 0.25) is 0 Å². The van der Waals surface area contributed by atoms with E-state index in [9.17, 15) is 4.79 Å². The predicted octanol–water partition coefficient (Wildman–Crippen LogP) is 7.22. The first-order valence-electron chi connectivity index (χ1n) is 9.94. The van der Waals surface area contributed by atoms with Crippen molar-refractivity contribution >= 4 is 5.97 Å². The molecule has 0 aliphatic heterocycles. The van der Waals surface area contributed by atoms with Crippen molar-refractivity contribution in [1.29, 1.82) is 0 Å². The largest absolute Gasteiger partial charge is 0.481 e. The molecule has 2 nitrogen and oxygen atoms in total. The van der Waals surface area contributed by atoms with Gasteiger partial charge in [-0.2, -0.15) is 0 Å². The number of unbranched alkanes of at least 4 members (excludes halogenated alkanes) is 9. The Kier molecular flexibility index (Phi) is 18.7. The molecule has 0 saturated heterocycles. The molecule has 0 saturated carbocycles. The molecular weight excluding hydrogens is 296 g/mol. The van der Waals surface area contributed by atoms with Crippen LogP contribution in [0.3, 0.4) is 0 Å². The van der Waals surface area contributed by atoms with E-state index < -0.39 is 5.97 Å². The van der Waals surface area contributed by atoms with E-state index in [1.807, 2.05) is 0 Å². The number of hydrogen-bond acceptors (Lipinski definition) is 1. The van der Waals surface area contributed by atoms with Crippen molar-refractivity contribution < 1.29 is 9.90 Å². The zero-order valence-corrected chi connectivity index (χ0v) is 15.7. The second-order valence-electron chi connectivity index (χ2n) is 6.41. The fourth-order valence-electron chi connectivity index (χ4n) is 2.45. The number of carboxylic acid groups (broad SMARTS) is 1. The van der Waals surface area contributed by atoms with Gasteiger partial charge in [-0.05, 0) is 70.6 Å². The van der Waals surface area contributed by atoms with Crippen LogP contribution in [0.1, 0.15) is 96.8 Å². The van der Waals surface area contributed by atoms with Crippen LogP contribution in [0, 0.1) is 0 Å². The van der Waals surface area contributed by atoms with Gasteiger partial charge in [0.15, 0.2) is 0 Å². The zero-order valence-electron chi connectivity index (χ0n) is 15.7. The molecule has 0 amide bonds. The Bertz CT molecular complexity index is 353. The molecular formula is C22H38O2. The lowest BCUT2D eigenvalue weighted by molar-refractivity contribution is -0.137. The van der Waals surface area contributed by atoms with Gasteiger partial charge < -0.3 is 5.11 Å². The van der Waals surface area contributed by atoms with Gasteiger partial charge in [-0.1, -0.05) is 56.2 Å². The van der Waals surface area contributed by atoms with Gasteiger partial charge in [0.2, 0.25) is 0 Å². The summed E-state index contributed by atoms with van der Waals surface area (Å²) in [5.74, 6) is -0.696. The van der Waals surface area contributed by atoms with Crippen LogP contribution in [0.5, 0.6) is 0 Å². The molecule has 0 unspecified atom stereocenters. The maximum Gasteiger partial charge on any atom is 0.303 e. The summed E-state index contributed by atoms with van der Waals surface area (Å²) >= 11 is 0. The van der Waals surface area contributed by atoms with Gasteiger partial charge in [0, 0.05) is 6.42 Å². The topological polar surface area (TPSA) is 37.3 Å². The normalized spacial score (nSPS) is 12.0. The summed E-state index contributed by atoms with van der Waals surface area (Å²) in [4.78, 5) is 10.3. The van der Waals surface area contributed by atoms with Crippen LogP contribution < -0.4 is 0 Å². The Morgan fingerprint density at radius 3 is 1.29 bits per heavy atom. The first kappa shape index (κ1) is 22.7. The molecule has 0 aliphatic carbocycles. The van der Waals surface area contributed by atoms with E-state index in [1.54, 1.807) is 0 Å². The third-order valence-electron chi connectivity index (χ3n) is 3.97. The van der Waals surface area contributed by atoms with Crippen LogP contribution in [-0.2, 0) is 4.79 Å². The monoisotopic (exact) mass is 334 g/mol. The number of hydrogen-bond donors (Lipinski definition) is 1. The van der Waals surface area contributed by atoms with Gasteiger partial charge in [-0.3, -0.25) is 4.79 Å². The Balaban J connectivity index is 3.22. The maximum absolute atomic E-state index is 10.3.